The fraction of sp³-hybridized carbons (Fsp3) is 0.167. The van der Waals surface area contributed by atoms with Gasteiger partial charge in [0.15, 0.2) is 0 Å². The lowest BCUT2D eigenvalue weighted by Crippen LogP contribution is -2.11. The molecule has 9 heteroatoms. The summed E-state index contributed by atoms with van der Waals surface area (Å²) in [6.07, 6.45) is -2.70. The first-order valence-electron chi connectivity index (χ1n) is 7.77. The maximum atomic E-state index is 12.5. The predicted octanol–water partition coefficient (Wildman–Crippen LogP) is 4.87. The Balaban J connectivity index is 1.72. The van der Waals surface area contributed by atoms with E-state index in [0.717, 1.165) is 11.3 Å². The smallest absolute Gasteiger partial charge is 0.329 e. The van der Waals surface area contributed by atoms with Crippen molar-refractivity contribution in [2.45, 2.75) is 11.9 Å². The Morgan fingerprint density at radius 2 is 1.93 bits per heavy atom. The minimum absolute atomic E-state index is 0.195. The fourth-order valence-corrected chi connectivity index (χ4v) is 2.85. The molecule has 0 aliphatic heterocycles. The Morgan fingerprint density at radius 3 is 2.56 bits per heavy atom. The largest absolute Gasteiger partial charge is 0.471 e. The predicted molar refractivity (Wildman–Crippen MR) is 96.4 cm³/mol. The van der Waals surface area contributed by atoms with Crippen LogP contribution in [0.15, 0.2) is 53.1 Å². The van der Waals surface area contributed by atoms with Crippen LogP contribution in [0, 0.1) is 0 Å². The molecule has 3 aromatic rings. The average molecular weight is 393 g/mol. The first-order chi connectivity index (χ1) is 12.9. The van der Waals surface area contributed by atoms with Crippen LogP contribution in [-0.4, -0.2) is 22.3 Å². The second kappa shape index (κ2) is 7.83. The van der Waals surface area contributed by atoms with E-state index >= 15 is 0 Å². The Kier molecular flexibility index (Phi) is 5.50. The van der Waals surface area contributed by atoms with Gasteiger partial charge in [0.1, 0.15) is 0 Å². The molecule has 0 unspecified atom stereocenters. The SMILES string of the molecule is CSCc1cccc(NC(=O)c2ccc(-c3noc(C(F)(F)F)n3)cc2)c1. The maximum absolute atomic E-state index is 12.5. The van der Waals surface area contributed by atoms with Crippen LogP contribution in [0.2, 0.25) is 0 Å². The second-order valence-electron chi connectivity index (χ2n) is 5.59. The van der Waals surface area contributed by atoms with E-state index in [2.05, 4.69) is 20.0 Å². The molecule has 0 saturated carbocycles. The molecule has 0 atom stereocenters. The van der Waals surface area contributed by atoms with Gasteiger partial charge in [0.05, 0.1) is 0 Å². The van der Waals surface area contributed by atoms with Gasteiger partial charge in [-0.1, -0.05) is 29.4 Å². The summed E-state index contributed by atoms with van der Waals surface area (Å²) in [5.41, 5.74) is 2.43. The minimum Gasteiger partial charge on any atom is -0.329 e. The van der Waals surface area contributed by atoms with E-state index in [9.17, 15) is 18.0 Å². The van der Waals surface area contributed by atoms with Crippen LogP contribution in [0.5, 0.6) is 0 Å². The zero-order valence-electron chi connectivity index (χ0n) is 14.1. The first-order valence-corrected chi connectivity index (χ1v) is 9.17. The van der Waals surface area contributed by atoms with Crippen molar-refractivity contribution in [1.82, 2.24) is 10.1 Å². The van der Waals surface area contributed by atoms with E-state index in [1.165, 1.54) is 24.3 Å². The number of aromatic nitrogens is 2. The van der Waals surface area contributed by atoms with Crippen molar-refractivity contribution in [2.75, 3.05) is 11.6 Å². The number of anilines is 1. The molecule has 1 heterocycles. The maximum Gasteiger partial charge on any atom is 0.471 e. The molecule has 3 rings (SSSR count). The number of nitrogens with zero attached hydrogens (tertiary/aromatic N) is 2. The van der Waals surface area contributed by atoms with Gasteiger partial charge in [-0.3, -0.25) is 4.79 Å². The van der Waals surface area contributed by atoms with E-state index in [-0.39, 0.29) is 11.7 Å². The molecule has 1 amide bonds. The Labute approximate surface area is 157 Å². The molecule has 2 aromatic carbocycles. The number of hydrogen-bond donors (Lipinski definition) is 1. The van der Waals surface area contributed by atoms with Crippen molar-refractivity contribution >= 4 is 23.4 Å². The first kappa shape index (κ1) is 19.0. The highest BCUT2D eigenvalue weighted by Crippen LogP contribution is 2.29. The van der Waals surface area contributed by atoms with Crippen LogP contribution in [0.3, 0.4) is 0 Å². The van der Waals surface area contributed by atoms with Crippen molar-refractivity contribution in [3.63, 3.8) is 0 Å². The van der Waals surface area contributed by atoms with Crippen LogP contribution in [-0.2, 0) is 11.9 Å². The third-order valence-electron chi connectivity index (χ3n) is 3.57. The number of halogens is 3. The molecule has 0 bridgehead atoms. The number of benzene rings is 2. The monoisotopic (exact) mass is 393 g/mol. The van der Waals surface area contributed by atoms with E-state index in [0.29, 0.717) is 16.8 Å². The van der Waals surface area contributed by atoms with E-state index in [1.807, 2.05) is 24.5 Å². The molecule has 0 saturated heterocycles. The molecule has 0 fully saturated rings. The van der Waals surface area contributed by atoms with Gasteiger partial charge < -0.3 is 9.84 Å². The summed E-state index contributed by atoms with van der Waals surface area (Å²) < 4.78 is 41.8. The Morgan fingerprint density at radius 1 is 1.19 bits per heavy atom. The van der Waals surface area contributed by atoms with E-state index < -0.39 is 12.1 Å². The number of carbonyl (C=O) groups is 1. The Bertz CT molecular complexity index is 940. The van der Waals surface area contributed by atoms with Gasteiger partial charge in [-0.2, -0.15) is 29.9 Å². The highest BCUT2D eigenvalue weighted by molar-refractivity contribution is 7.97. The molecule has 0 aliphatic carbocycles. The van der Waals surface area contributed by atoms with Gasteiger partial charge >= 0.3 is 12.1 Å². The number of nitrogens with one attached hydrogen (secondary N) is 1. The average Bonchev–Trinajstić information content (AvgIpc) is 3.13. The van der Waals surface area contributed by atoms with Crippen molar-refractivity contribution in [2.24, 2.45) is 0 Å². The molecule has 27 heavy (non-hydrogen) atoms. The van der Waals surface area contributed by atoms with Gasteiger partial charge in [-0.25, -0.2) is 0 Å². The highest BCUT2D eigenvalue weighted by Gasteiger charge is 2.38. The van der Waals surface area contributed by atoms with Gasteiger partial charge in [0.25, 0.3) is 5.91 Å². The summed E-state index contributed by atoms with van der Waals surface area (Å²) in [4.78, 5) is 15.7. The van der Waals surface area contributed by atoms with Crippen LogP contribution in [0.1, 0.15) is 21.8 Å². The molecular weight excluding hydrogens is 379 g/mol. The Hall–Kier alpha value is -2.81. The normalized spacial score (nSPS) is 11.4. The van der Waals surface area contributed by atoms with Gasteiger partial charge in [0.2, 0.25) is 5.82 Å². The van der Waals surface area contributed by atoms with E-state index in [4.69, 9.17) is 0 Å². The van der Waals surface area contributed by atoms with Gasteiger partial charge in [-0.15, -0.1) is 0 Å². The number of amides is 1. The zero-order valence-corrected chi connectivity index (χ0v) is 14.9. The topological polar surface area (TPSA) is 68.0 Å². The quantitative estimate of drug-likeness (QED) is 0.670. The van der Waals surface area contributed by atoms with Gasteiger partial charge in [-0.05, 0) is 36.1 Å². The number of hydrogen-bond acceptors (Lipinski definition) is 5. The van der Waals surface area contributed by atoms with Crippen LogP contribution in [0.4, 0.5) is 18.9 Å². The highest BCUT2D eigenvalue weighted by atomic mass is 32.2. The standard InChI is InChI=1S/C18H14F3N3O2S/c1-27-10-11-3-2-4-14(9-11)22-16(25)13-7-5-12(6-8-13)15-23-17(26-24-15)18(19,20)21/h2-9H,10H2,1H3,(H,22,25). The summed E-state index contributed by atoms with van der Waals surface area (Å²) in [5, 5.41) is 6.11. The molecule has 0 spiro atoms. The second-order valence-corrected chi connectivity index (χ2v) is 6.45. The zero-order chi connectivity index (χ0) is 19.4. The molecular formula is C18H14F3N3O2S. The van der Waals surface area contributed by atoms with Gasteiger partial charge in [0, 0.05) is 22.6 Å². The summed E-state index contributed by atoms with van der Waals surface area (Å²) in [6.45, 7) is 0. The van der Waals surface area contributed by atoms with E-state index in [1.54, 1.807) is 17.8 Å². The summed E-state index contributed by atoms with van der Waals surface area (Å²) in [7, 11) is 0. The van der Waals surface area contributed by atoms with Crippen LogP contribution >= 0.6 is 11.8 Å². The lowest BCUT2D eigenvalue weighted by molar-refractivity contribution is -0.159. The number of thioether (sulfide) groups is 1. The number of carbonyl (C=O) groups excluding carboxylic acids is 1. The molecule has 1 aromatic heterocycles. The third-order valence-corrected chi connectivity index (χ3v) is 4.19. The number of alkyl halides is 3. The lowest BCUT2D eigenvalue weighted by atomic mass is 10.1. The van der Waals surface area contributed by atoms with Crippen molar-refractivity contribution in [3.05, 3.63) is 65.5 Å². The molecule has 0 radical (unpaired) electrons. The fourth-order valence-electron chi connectivity index (χ4n) is 2.34. The van der Waals surface area contributed by atoms with Crippen molar-refractivity contribution < 1.29 is 22.5 Å². The van der Waals surface area contributed by atoms with Crippen molar-refractivity contribution in [3.8, 4) is 11.4 Å². The number of rotatable bonds is 5. The van der Waals surface area contributed by atoms with Crippen LogP contribution < -0.4 is 5.32 Å². The summed E-state index contributed by atoms with van der Waals surface area (Å²) in [6, 6.07) is 13.4. The minimum atomic E-state index is -4.70. The molecule has 140 valence electrons. The third kappa shape index (κ3) is 4.68. The summed E-state index contributed by atoms with van der Waals surface area (Å²) >= 11 is 1.68. The molecule has 1 N–H and O–H groups in total. The molecule has 5 nitrogen and oxygen atoms in total. The lowest BCUT2D eigenvalue weighted by Gasteiger charge is -2.07. The van der Waals surface area contributed by atoms with Crippen LogP contribution in [0.25, 0.3) is 11.4 Å². The van der Waals surface area contributed by atoms with Crippen molar-refractivity contribution in [1.29, 1.82) is 0 Å². The molecule has 0 aliphatic rings. The summed E-state index contributed by atoms with van der Waals surface area (Å²) in [5.74, 6) is -1.10.